The first-order valence-corrected chi connectivity index (χ1v) is 6.72. The van der Waals surface area contributed by atoms with E-state index in [1.54, 1.807) is 18.2 Å². The van der Waals surface area contributed by atoms with E-state index in [1.807, 2.05) is 19.2 Å². The van der Waals surface area contributed by atoms with E-state index in [9.17, 15) is 4.39 Å². The van der Waals surface area contributed by atoms with Crippen LogP contribution in [0.25, 0.3) is 0 Å². The van der Waals surface area contributed by atoms with Gasteiger partial charge in [-0.1, -0.05) is 35.3 Å². The first-order valence-electron chi connectivity index (χ1n) is 5.96. The third-order valence-electron chi connectivity index (χ3n) is 2.99. The molecule has 0 fully saturated rings. The van der Waals surface area contributed by atoms with Crippen molar-refractivity contribution in [1.82, 2.24) is 5.32 Å². The molecule has 0 saturated heterocycles. The summed E-state index contributed by atoms with van der Waals surface area (Å²) in [5.74, 6) is -0.226. The topological polar surface area (TPSA) is 12.0 Å². The second-order valence-electron chi connectivity index (χ2n) is 4.37. The molecule has 0 aromatic heterocycles. The van der Waals surface area contributed by atoms with Gasteiger partial charge in [0.15, 0.2) is 0 Å². The number of likely N-dealkylation sites (N-methyl/N-ethyl adjacent to an activating group) is 1. The lowest BCUT2D eigenvalue weighted by Gasteiger charge is -2.17. The van der Waals surface area contributed by atoms with E-state index in [1.165, 1.54) is 12.1 Å². The van der Waals surface area contributed by atoms with Gasteiger partial charge in [-0.25, -0.2) is 4.39 Å². The molecule has 4 heteroatoms. The van der Waals surface area contributed by atoms with Gasteiger partial charge in [0.05, 0.1) is 0 Å². The number of hydrogen-bond acceptors (Lipinski definition) is 1. The van der Waals surface area contributed by atoms with Crippen molar-refractivity contribution in [2.45, 2.75) is 12.5 Å². The van der Waals surface area contributed by atoms with Crippen molar-refractivity contribution in [3.63, 3.8) is 0 Å². The lowest BCUT2D eigenvalue weighted by atomic mass is 9.99. The molecule has 0 aliphatic heterocycles. The van der Waals surface area contributed by atoms with Crippen LogP contribution in [0, 0.1) is 5.82 Å². The Kier molecular flexibility index (Phi) is 4.81. The van der Waals surface area contributed by atoms with Gasteiger partial charge < -0.3 is 5.32 Å². The Bertz CT molecular complexity index is 534. The highest BCUT2D eigenvalue weighted by Gasteiger charge is 2.11. The number of benzene rings is 2. The molecule has 0 spiro atoms. The van der Waals surface area contributed by atoms with Gasteiger partial charge in [0, 0.05) is 16.1 Å². The maximum Gasteiger partial charge on any atom is 0.123 e. The zero-order valence-electron chi connectivity index (χ0n) is 10.5. The van der Waals surface area contributed by atoms with E-state index in [2.05, 4.69) is 5.32 Å². The Morgan fingerprint density at radius 2 is 1.63 bits per heavy atom. The summed E-state index contributed by atoms with van der Waals surface area (Å²) in [6.07, 6.45) is 0.744. The second kappa shape index (κ2) is 6.38. The average Bonchev–Trinajstić information content (AvgIpc) is 2.37. The Morgan fingerprint density at radius 3 is 2.16 bits per heavy atom. The lowest BCUT2D eigenvalue weighted by molar-refractivity contribution is 0.589. The molecule has 2 aromatic rings. The van der Waals surface area contributed by atoms with E-state index in [0.29, 0.717) is 10.0 Å². The van der Waals surface area contributed by atoms with Crippen LogP contribution in [-0.2, 0) is 6.42 Å². The molecule has 0 heterocycles. The van der Waals surface area contributed by atoms with E-state index in [4.69, 9.17) is 23.2 Å². The summed E-state index contributed by atoms with van der Waals surface area (Å²) in [6.45, 7) is 0. The smallest absolute Gasteiger partial charge is 0.123 e. The summed E-state index contributed by atoms with van der Waals surface area (Å²) in [5, 5.41) is 4.45. The summed E-state index contributed by atoms with van der Waals surface area (Å²) < 4.78 is 12.9. The fourth-order valence-electron chi connectivity index (χ4n) is 2.02. The molecular formula is C15H14Cl2FN. The van der Waals surface area contributed by atoms with Gasteiger partial charge in [0.25, 0.3) is 0 Å². The largest absolute Gasteiger partial charge is 0.313 e. The zero-order chi connectivity index (χ0) is 13.8. The quantitative estimate of drug-likeness (QED) is 0.867. The molecule has 100 valence electrons. The molecule has 0 amide bonds. The summed E-state index contributed by atoms with van der Waals surface area (Å²) in [4.78, 5) is 0. The van der Waals surface area contributed by atoms with E-state index in [0.717, 1.165) is 17.5 Å². The molecule has 1 unspecified atom stereocenters. The standard InChI is InChI=1S/C15H14Cl2FN/c1-19-15(6-10-2-4-14(18)5-3-10)11-7-12(16)9-13(17)8-11/h2-5,7-9,15,19H,6H2,1H3. The average molecular weight is 298 g/mol. The Hall–Kier alpha value is -1.09. The van der Waals surface area contributed by atoms with Crippen LogP contribution in [0.2, 0.25) is 10.0 Å². The van der Waals surface area contributed by atoms with Crippen LogP contribution in [0.5, 0.6) is 0 Å². The maximum absolute atomic E-state index is 12.9. The Labute approximate surface area is 122 Å². The van der Waals surface area contributed by atoms with Crippen molar-refractivity contribution >= 4 is 23.2 Å². The van der Waals surface area contributed by atoms with Gasteiger partial charge in [-0.3, -0.25) is 0 Å². The molecule has 1 N–H and O–H groups in total. The Balaban J connectivity index is 2.22. The number of hydrogen-bond donors (Lipinski definition) is 1. The monoisotopic (exact) mass is 297 g/mol. The van der Waals surface area contributed by atoms with Crippen molar-refractivity contribution in [3.05, 3.63) is 69.5 Å². The fraction of sp³-hybridized carbons (Fsp3) is 0.200. The van der Waals surface area contributed by atoms with E-state index in [-0.39, 0.29) is 11.9 Å². The molecule has 0 saturated carbocycles. The van der Waals surface area contributed by atoms with Crippen LogP contribution < -0.4 is 5.32 Å². The minimum absolute atomic E-state index is 0.0849. The number of nitrogens with one attached hydrogen (secondary N) is 1. The van der Waals surface area contributed by atoms with Crippen LogP contribution in [-0.4, -0.2) is 7.05 Å². The first-order chi connectivity index (χ1) is 9.08. The summed E-state index contributed by atoms with van der Waals surface area (Å²) in [7, 11) is 1.88. The summed E-state index contributed by atoms with van der Waals surface area (Å²) in [5.41, 5.74) is 2.07. The molecule has 2 rings (SSSR count). The van der Waals surface area contributed by atoms with Crippen LogP contribution >= 0.6 is 23.2 Å². The predicted octanol–water partition coefficient (Wildman–Crippen LogP) is 4.64. The second-order valence-corrected chi connectivity index (χ2v) is 5.25. The van der Waals surface area contributed by atoms with Crippen LogP contribution in [0.15, 0.2) is 42.5 Å². The minimum atomic E-state index is -0.226. The predicted molar refractivity (Wildman–Crippen MR) is 78.4 cm³/mol. The van der Waals surface area contributed by atoms with Crippen LogP contribution in [0.3, 0.4) is 0 Å². The zero-order valence-corrected chi connectivity index (χ0v) is 12.0. The van der Waals surface area contributed by atoms with Crippen LogP contribution in [0.1, 0.15) is 17.2 Å². The SMILES string of the molecule is CNC(Cc1ccc(F)cc1)c1cc(Cl)cc(Cl)c1. The molecule has 0 bridgehead atoms. The van der Waals surface area contributed by atoms with Gasteiger partial charge in [-0.2, -0.15) is 0 Å². The van der Waals surface area contributed by atoms with Crippen molar-refractivity contribution < 1.29 is 4.39 Å². The first kappa shape index (κ1) is 14.3. The third-order valence-corrected chi connectivity index (χ3v) is 3.43. The highest BCUT2D eigenvalue weighted by atomic mass is 35.5. The van der Waals surface area contributed by atoms with E-state index < -0.39 is 0 Å². The van der Waals surface area contributed by atoms with Gasteiger partial charge >= 0.3 is 0 Å². The fourth-order valence-corrected chi connectivity index (χ4v) is 2.56. The highest BCUT2D eigenvalue weighted by Crippen LogP contribution is 2.25. The number of rotatable bonds is 4. The van der Waals surface area contributed by atoms with Gasteiger partial charge in [-0.15, -0.1) is 0 Å². The van der Waals surface area contributed by atoms with Gasteiger partial charge in [-0.05, 0) is 54.9 Å². The van der Waals surface area contributed by atoms with Crippen molar-refractivity contribution in [1.29, 1.82) is 0 Å². The highest BCUT2D eigenvalue weighted by molar-refractivity contribution is 6.34. The van der Waals surface area contributed by atoms with Crippen molar-refractivity contribution in [2.75, 3.05) is 7.05 Å². The molecule has 1 atom stereocenters. The van der Waals surface area contributed by atoms with E-state index >= 15 is 0 Å². The summed E-state index contributed by atoms with van der Waals surface area (Å²) in [6, 6.07) is 12.1. The molecule has 0 radical (unpaired) electrons. The van der Waals surface area contributed by atoms with Gasteiger partial charge in [0.1, 0.15) is 5.82 Å². The molecular weight excluding hydrogens is 284 g/mol. The van der Waals surface area contributed by atoms with Crippen molar-refractivity contribution in [2.24, 2.45) is 0 Å². The Morgan fingerprint density at radius 1 is 1.05 bits per heavy atom. The summed E-state index contributed by atoms with van der Waals surface area (Å²) >= 11 is 12.0. The molecule has 0 aliphatic rings. The molecule has 19 heavy (non-hydrogen) atoms. The van der Waals surface area contributed by atoms with Crippen molar-refractivity contribution in [3.8, 4) is 0 Å². The molecule has 2 aromatic carbocycles. The molecule has 0 aliphatic carbocycles. The maximum atomic E-state index is 12.9. The van der Waals surface area contributed by atoms with Crippen LogP contribution in [0.4, 0.5) is 4.39 Å². The minimum Gasteiger partial charge on any atom is -0.313 e. The lowest BCUT2D eigenvalue weighted by Crippen LogP contribution is -2.18. The number of halogens is 3. The third kappa shape index (κ3) is 3.93. The molecule has 1 nitrogen and oxygen atoms in total. The normalized spacial score (nSPS) is 12.4. The van der Waals surface area contributed by atoms with Gasteiger partial charge in [0.2, 0.25) is 0 Å².